The number of nitrogen functional groups attached to an aromatic ring is 1. The van der Waals surface area contributed by atoms with Crippen molar-refractivity contribution in [3.8, 4) is 23.3 Å². The number of carbonyl (C=O) groups is 2. The van der Waals surface area contributed by atoms with Crippen molar-refractivity contribution in [3.63, 3.8) is 0 Å². The minimum atomic E-state index is -1.06. The van der Waals surface area contributed by atoms with Gasteiger partial charge in [-0.1, -0.05) is 18.2 Å². The molecule has 1 atom stereocenters. The van der Waals surface area contributed by atoms with E-state index in [9.17, 15) is 19.6 Å². The molecule has 3 aliphatic heterocycles. The van der Waals surface area contributed by atoms with Gasteiger partial charge in [0, 0.05) is 45.5 Å². The summed E-state index contributed by atoms with van der Waals surface area (Å²) in [6.45, 7) is 8.31. The molecule has 0 unspecified atom stereocenters. The Morgan fingerprint density at radius 1 is 0.961 bits per heavy atom. The molecule has 7 rings (SSSR count). The molecule has 3 fully saturated rings. The Kier molecular flexibility index (Phi) is 9.37. The third-order valence-corrected chi connectivity index (χ3v) is 10.1. The Labute approximate surface area is 296 Å². The molecule has 13 nitrogen and oxygen atoms in total. The summed E-state index contributed by atoms with van der Waals surface area (Å²) in [6.07, 6.45) is 4.34. The number of imidazole rings is 1. The van der Waals surface area contributed by atoms with Crippen LogP contribution >= 0.6 is 0 Å². The molecule has 0 bridgehead atoms. The lowest BCUT2D eigenvalue weighted by atomic mass is 9.88. The van der Waals surface area contributed by atoms with Gasteiger partial charge in [0.15, 0.2) is 0 Å². The maximum atomic E-state index is 14.3. The summed E-state index contributed by atoms with van der Waals surface area (Å²) in [4.78, 5) is 51.8. The number of anilines is 1. The number of hydrogen-bond donors (Lipinski definition) is 1. The van der Waals surface area contributed by atoms with E-state index in [0.29, 0.717) is 66.7 Å². The van der Waals surface area contributed by atoms with E-state index < -0.39 is 11.3 Å². The van der Waals surface area contributed by atoms with Crippen LogP contribution in [0.3, 0.4) is 0 Å². The smallest absolute Gasteiger partial charge is 0.334 e. The van der Waals surface area contributed by atoms with Crippen LogP contribution in [0.1, 0.15) is 32.7 Å². The summed E-state index contributed by atoms with van der Waals surface area (Å²) in [5.74, 6) is 0.945. The molecule has 0 aliphatic carbocycles. The van der Waals surface area contributed by atoms with Crippen molar-refractivity contribution in [3.05, 3.63) is 89.0 Å². The zero-order valence-electron chi connectivity index (χ0n) is 28.9. The summed E-state index contributed by atoms with van der Waals surface area (Å²) in [5, 5.41) is 10.1. The first-order chi connectivity index (χ1) is 24.6. The number of para-hydroxylation sites is 1. The molecule has 3 saturated heterocycles. The van der Waals surface area contributed by atoms with Crippen molar-refractivity contribution in [1.82, 2.24) is 28.8 Å². The van der Waals surface area contributed by atoms with Crippen LogP contribution < -0.4 is 16.2 Å². The highest BCUT2D eigenvalue weighted by molar-refractivity contribution is 5.99. The number of rotatable bonds is 8. The third kappa shape index (κ3) is 6.72. The SMILES string of the molecule is CC(C)(/C=C(/C#N)C(=O)N1CCC[C@@H](n2c(=O)n(-c3ccc(Oc4ccccc4)cc3)c3c(N)nccc32)C1)C(=O)N1CCN(C2COC2)CC1. The van der Waals surface area contributed by atoms with Crippen LogP contribution in [0, 0.1) is 16.7 Å². The van der Waals surface area contributed by atoms with E-state index in [-0.39, 0.29) is 35.6 Å². The molecule has 51 heavy (non-hydrogen) atoms. The second-order valence-electron chi connectivity index (χ2n) is 13.9. The van der Waals surface area contributed by atoms with Crippen molar-refractivity contribution in [2.75, 3.05) is 58.2 Å². The summed E-state index contributed by atoms with van der Waals surface area (Å²) in [7, 11) is 0. The second-order valence-corrected chi connectivity index (χ2v) is 13.9. The molecule has 5 heterocycles. The van der Waals surface area contributed by atoms with Crippen LogP contribution in [0.25, 0.3) is 16.7 Å². The van der Waals surface area contributed by atoms with Crippen molar-refractivity contribution in [1.29, 1.82) is 5.26 Å². The number of nitrogens with zero attached hydrogens (tertiary/aromatic N) is 7. The Hall–Kier alpha value is -5.45. The highest BCUT2D eigenvalue weighted by atomic mass is 16.5. The normalized spacial score (nSPS) is 19.1. The molecule has 2 aromatic heterocycles. The molecular formula is C38H42N8O5. The third-order valence-electron chi connectivity index (χ3n) is 10.1. The number of pyridine rings is 1. The largest absolute Gasteiger partial charge is 0.457 e. The van der Waals surface area contributed by atoms with Crippen LogP contribution in [0.15, 0.2) is 83.3 Å². The number of nitriles is 1. The number of piperazine rings is 1. The van der Waals surface area contributed by atoms with Crippen LogP contribution in [0.4, 0.5) is 5.82 Å². The number of fused-ring (bicyclic) bond motifs is 1. The number of carbonyl (C=O) groups excluding carboxylic acids is 2. The van der Waals surface area contributed by atoms with Gasteiger partial charge in [0.1, 0.15) is 34.5 Å². The van der Waals surface area contributed by atoms with Gasteiger partial charge in [-0.05, 0) is 75.2 Å². The Balaban J connectivity index is 1.11. The zero-order valence-corrected chi connectivity index (χ0v) is 28.9. The Morgan fingerprint density at radius 3 is 2.33 bits per heavy atom. The van der Waals surface area contributed by atoms with Crippen molar-refractivity contribution < 1.29 is 19.1 Å². The number of piperidine rings is 1. The highest BCUT2D eigenvalue weighted by Crippen LogP contribution is 2.31. The van der Waals surface area contributed by atoms with E-state index in [0.717, 1.165) is 26.3 Å². The first kappa shape index (κ1) is 34.0. The fourth-order valence-electron chi connectivity index (χ4n) is 7.29. The predicted molar refractivity (Wildman–Crippen MR) is 191 cm³/mol. The zero-order chi connectivity index (χ0) is 35.7. The Bertz CT molecular complexity index is 2050. The summed E-state index contributed by atoms with van der Waals surface area (Å²) in [6, 6.07) is 20.5. The molecule has 0 saturated carbocycles. The molecule has 4 aromatic rings. The van der Waals surface area contributed by atoms with Crippen LogP contribution in [-0.2, 0) is 14.3 Å². The highest BCUT2D eigenvalue weighted by Gasteiger charge is 2.37. The molecular weight excluding hydrogens is 648 g/mol. The van der Waals surface area contributed by atoms with E-state index in [1.54, 1.807) is 64.4 Å². The van der Waals surface area contributed by atoms with Crippen molar-refractivity contribution in [2.24, 2.45) is 5.41 Å². The minimum absolute atomic E-state index is 0.0831. The minimum Gasteiger partial charge on any atom is -0.457 e. The maximum absolute atomic E-state index is 14.3. The standard InChI is InChI=1S/C38H42N8O5/c1-38(2,36(48)43-19-17-42(18-20-43)29-24-50-25-29)21-26(22-39)35(47)44-16-6-7-28(23-44)45-32-14-15-41-34(40)33(32)46(37(45)49)27-10-12-31(13-11-27)51-30-8-4-3-5-9-30/h3-5,8-15,21,28-29H,6-7,16-20,23-25H2,1-2H3,(H2,40,41)/b26-21-/t28-/m1/s1. The van der Waals surface area contributed by atoms with Gasteiger partial charge >= 0.3 is 5.69 Å². The molecule has 2 amide bonds. The van der Waals surface area contributed by atoms with E-state index in [1.807, 2.05) is 35.2 Å². The number of ether oxygens (including phenoxy) is 2. The number of likely N-dealkylation sites (tertiary alicyclic amines) is 1. The molecule has 0 spiro atoms. The van der Waals surface area contributed by atoms with E-state index >= 15 is 0 Å². The molecule has 13 heteroatoms. The van der Waals surface area contributed by atoms with E-state index in [2.05, 4.69) is 16.0 Å². The van der Waals surface area contributed by atoms with E-state index in [4.69, 9.17) is 15.2 Å². The predicted octanol–water partition coefficient (Wildman–Crippen LogP) is 3.74. The monoisotopic (exact) mass is 690 g/mol. The number of amides is 2. The second kappa shape index (κ2) is 14.0. The number of benzene rings is 2. The van der Waals surface area contributed by atoms with Gasteiger partial charge in [0.2, 0.25) is 5.91 Å². The lowest BCUT2D eigenvalue weighted by Crippen LogP contribution is -2.58. The maximum Gasteiger partial charge on any atom is 0.334 e. The quantitative estimate of drug-likeness (QED) is 0.215. The van der Waals surface area contributed by atoms with Crippen LogP contribution in [0.2, 0.25) is 0 Å². The van der Waals surface area contributed by atoms with Gasteiger partial charge in [0.05, 0.1) is 41.9 Å². The molecule has 0 radical (unpaired) electrons. The fraction of sp³-hybridized carbons (Fsp3) is 0.395. The van der Waals surface area contributed by atoms with Gasteiger partial charge in [-0.15, -0.1) is 0 Å². The van der Waals surface area contributed by atoms with Gasteiger partial charge in [-0.25, -0.2) is 9.78 Å². The number of hydrogen-bond acceptors (Lipinski definition) is 9. The van der Waals surface area contributed by atoms with Gasteiger partial charge in [-0.2, -0.15) is 5.26 Å². The first-order valence-electron chi connectivity index (χ1n) is 17.4. The summed E-state index contributed by atoms with van der Waals surface area (Å²) >= 11 is 0. The first-order valence-corrected chi connectivity index (χ1v) is 17.4. The fourth-order valence-corrected chi connectivity index (χ4v) is 7.29. The summed E-state index contributed by atoms with van der Waals surface area (Å²) in [5.41, 5.74) is 6.59. The van der Waals surface area contributed by atoms with Crippen LogP contribution in [-0.4, -0.2) is 99.2 Å². The number of aromatic nitrogens is 3. The van der Waals surface area contributed by atoms with Gasteiger partial charge in [-0.3, -0.25) is 23.6 Å². The lowest BCUT2D eigenvalue weighted by molar-refractivity contribution is -0.142. The van der Waals surface area contributed by atoms with E-state index in [1.165, 1.54) is 6.08 Å². The molecule has 264 valence electrons. The molecule has 2 aromatic carbocycles. The molecule has 2 N–H and O–H groups in total. The average Bonchev–Trinajstić information content (AvgIpc) is 3.43. The number of nitrogens with two attached hydrogens (primary N) is 1. The molecule has 3 aliphatic rings. The van der Waals surface area contributed by atoms with Gasteiger partial charge < -0.3 is 25.0 Å². The van der Waals surface area contributed by atoms with Crippen molar-refractivity contribution in [2.45, 2.75) is 38.8 Å². The van der Waals surface area contributed by atoms with Gasteiger partial charge in [0.25, 0.3) is 5.91 Å². The summed E-state index contributed by atoms with van der Waals surface area (Å²) < 4.78 is 14.5. The Morgan fingerprint density at radius 2 is 1.67 bits per heavy atom. The average molecular weight is 691 g/mol. The topological polar surface area (TPSA) is 152 Å². The lowest BCUT2D eigenvalue weighted by Gasteiger charge is -2.43. The van der Waals surface area contributed by atoms with Crippen LogP contribution in [0.5, 0.6) is 11.5 Å². The van der Waals surface area contributed by atoms with Crippen molar-refractivity contribution >= 4 is 28.7 Å².